The molecule has 15 heavy (non-hydrogen) atoms. The Hall–Kier alpha value is -0.890. The first-order valence-electron chi connectivity index (χ1n) is 5.70. The molecular formula is C13H18FN. The minimum absolute atomic E-state index is 0.163. The predicted octanol–water partition coefficient (Wildman–Crippen LogP) is 2.87. The van der Waals surface area contributed by atoms with Crippen LogP contribution in [0.1, 0.15) is 18.4 Å². The maximum Gasteiger partial charge on any atom is 0.0897 e. The number of alkyl halides is 1. The van der Waals surface area contributed by atoms with Gasteiger partial charge >= 0.3 is 0 Å². The molecular weight excluding hydrogens is 189 g/mol. The van der Waals surface area contributed by atoms with E-state index in [1.165, 1.54) is 5.56 Å². The van der Waals surface area contributed by atoms with E-state index in [9.17, 15) is 4.39 Å². The molecule has 0 spiro atoms. The highest BCUT2D eigenvalue weighted by Gasteiger charge is 2.21. The summed E-state index contributed by atoms with van der Waals surface area (Å²) in [5.41, 5.74) is 1.36. The standard InChI is InChI=1S/C13H18FN/c14-8-6-13-7-9-15(11-13)10-12-4-2-1-3-5-12/h1-5,13H,6-11H2. The van der Waals surface area contributed by atoms with Crippen LogP contribution >= 0.6 is 0 Å². The first-order chi connectivity index (χ1) is 7.38. The molecule has 1 aromatic rings. The smallest absolute Gasteiger partial charge is 0.0897 e. The van der Waals surface area contributed by atoms with E-state index in [-0.39, 0.29) is 6.67 Å². The van der Waals surface area contributed by atoms with Crippen molar-refractivity contribution >= 4 is 0 Å². The number of halogens is 1. The van der Waals surface area contributed by atoms with Gasteiger partial charge in [-0.05, 0) is 30.9 Å². The zero-order valence-electron chi connectivity index (χ0n) is 9.03. The van der Waals surface area contributed by atoms with Gasteiger partial charge in [-0.1, -0.05) is 30.3 Å². The summed E-state index contributed by atoms with van der Waals surface area (Å²) in [6.07, 6.45) is 1.90. The van der Waals surface area contributed by atoms with E-state index in [1.54, 1.807) is 0 Å². The number of rotatable bonds is 4. The molecule has 1 fully saturated rings. The summed E-state index contributed by atoms with van der Waals surface area (Å²) in [4.78, 5) is 2.43. The molecule has 82 valence electrons. The van der Waals surface area contributed by atoms with E-state index in [1.807, 2.05) is 6.07 Å². The summed E-state index contributed by atoms with van der Waals surface area (Å²) in [6.45, 7) is 3.05. The molecule has 0 N–H and O–H groups in total. The van der Waals surface area contributed by atoms with Gasteiger partial charge < -0.3 is 0 Å². The first kappa shape index (κ1) is 10.6. The van der Waals surface area contributed by atoms with Crippen molar-refractivity contribution in [2.45, 2.75) is 19.4 Å². The summed E-state index contributed by atoms with van der Waals surface area (Å²) in [7, 11) is 0. The largest absolute Gasteiger partial charge is 0.299 e. The lowest BCUT2D eigenvalue weighted by Gasteiger charge is -2.15. The van der Waals surface area contributed by atoms with Gasteiger partial charge in [-0.2, -0.15) is 0 Å². The van der Waals surface area contributed by atoms with Crippen LogP contribution in [0.5, 0.6) is 0 Å². The minimum Gasteiger partial charge on any atom is -0.299 e. The van der Waals surface area contributed by atoms with Gasteiger partial charge in [-0.3, -0.25) is 9.29 Å². The Morgan fingerprint density at radius 3 is 2.80 bits per heavy atom. The average molecular weight is 207 g/mol. The van der Waals surface area contributed by atoms with Crippen LogP contribution in [0.25, 0.3) is 0 Å². The second-order valence-electron chi connectivity index (χ2n) is 4.35. The van der Waals surface area contributed by atoms with E-state index >= 15 is 0 Å². The lowest BCUT2D eigenvalue weighted by molar-refractivity contribution is 0.305. The Bertz CT molecular complexity index is 286. The Kier molecular flexibility index (Phi) is 3.73. The number of nitrogens with zero attached hydrogens (tertiary/aromatic N) is 1. The van der Waals surface area contributed by atoms with Gasteiger partial charge in [0.2, 0.25) is 0 Å². The van der Waals surface area contributed by atoms with Gasteiger partial charge in [0.05, 0.1) is 6.67 Å². The van der Waals surface area contributed by atoms with Crippen LogP contribution in [0.3, 0.4) is 0 Å². The molecule has 1 heterocycles. The van der Waals surface area contributed by atoms with Gasteiger partial charge in [-0.25, -0.2) is 0 Å². The lowest BCUT2D eigenvalue weighted by atomic mass is 10.1. The molecule has 0 bridgehead atoms. The molecule has 0 aromatic heterocycles. The van der Waals surface area contributed by atoms with Gasteiger partial charge in [0.25, 0.3) is 0 Å². The molecule has 1 aromatic carbocycles. The summed E-state index contributed by atoms with van der Waals surface area (Å²) in [5, 5.41) is 0. The number of hydrogen-bond acceptors (Lipinski definition) is 1. The Morgan fingerprint density at radius 1 is 1.27 bits per heavy atom. The van der Waals surface area contributed by atoms with Crippen molar-refractivity contribution in [3.8, 4) is 0 Å². The third kappa shape index (κ3) is 3.03. The van der Waals surface area contributed by atoms with Crippen molar-refractivity contribution in [2.24, 2.45) is 5.92 Å². The summed E-state index contributed by atoms with van der Waals surface area (Å²) < 4.78 is 12.2. The topological polar surface area (TPSA) is 3.24 Å². The van der Waals surface area contributed by atoms with Crippen LogP contribution in [0.2, 0.25) is 0 Å². The molecule has 0 radical (unpaired) electrons. The second kappa shape index (κ2) is 5.26. The van der Waals surface area contributed by atoms with Crippen molar-refractivity contribution in [2.75, 3.05) is 19.8 Å². The summed E-state index contributed by atoms with van der Waals surface area (Å²) in [5.74, 6) is 0.582. The van der Waals surface area contributed by atoms with Crippen molar-refractivity contribution in [1.82, 2.24) is 4.90 Å². The van der Waals surface area contributed by atoms with Crippen LogP contribution in [-0.2, 0) is 6.54 Å². The fraction of sp³-hybridized carbons (Fsp3) is 0.538. The predicted molar refractivity (Wildman–Crippen MR) is 60.4 cm³/mol. The highest BCUT2D eigenvalue weighted by atomic mass is 19.1. The van der Waals surface area contributed by atoms with Crippen LogP contribution < -0.4 is 0 Å². The molecule has 1 nitrogen and oxygen atoms in total. The van der Waals surface area contributed by atoms with E-state index < -0.39 is 0 Å². The van der Waals surface area contributed by atoms with E-state index in [4.69, 9.17) is 0 Å². The number of benzene rings is 1. The highest BCUT2D eigenvalue weighted by Crippen LogP contribution is 2.21. The fourth-order valence-corrected chi connectivity index (χ4v) is 2.29. The maximum absolute atomic E-state index is 12.2. The zero-order valence-corrected chi connectivity index (χ0v) is 9.03. The third-order valence-corrected chi connectivity index (χ3v) is 3.14. The second-order valence-corrected chi connectivity index (χ2v) is 4.35. The van der Waals surface area contributed by atoms with Crippen molar-refractivity contribution in [3.05, 3.63) is 35.9 Å². The van der Waals surface area contributed by atoms with Gasteiger partial charge in [0.15, 0.2) is 0 Å². The molecule has 0 amide bonds. The Balaban J connectivity index is 1.82. The van der Waals surface area contributed by atoms with E-state index in [2.05, 4.69) is 29.2 Å². The van der Waals surface area contributed by atoms with Crippen LogP contribution in [0.4, 0.5) is 4.39 Å². The maximum atomic E-state index is 12.2. The minimum atomic E-state index is -0.163. The molecule has 1 saturated heterocycles. The fourth-order valence-electron chi connectivity index (χ4n) is 2.29. The Morgan fingerprint density at radius 2 is 2.07 bits per heavy atom. The summed E-state index contributed by atoms with van der Waals surface area (Å²) >= 11 is 0. The first-order valence-corrected chi connectivity index (χ1v) is 5.70. The molecule has 1 atom stereocenters. The molecule has 1 unspecified atom stereocenters. The van der Waals surface area contributed by atoms with Crippen molar-refractivity contribution < 1.29 is 4.39 Å². The number of likely N-dealkylation sites (tertiary alicyclic amines) is 1. The van der Waals surface area contributed by atoms with Gasteiger partial charge in [-0.15, -0.1) is 0 Å². The molecule has 2 rings (SSSR count). The zero-order chi connectivity index (χ0) is 10.5. The molecule has 1 aliphatic rings. The molecule has 0 saturated carbocycles. The quantitative estimate of drug-likeness (QED) is 0.733. The molecule has 1 aliphatic heterocycles. The average Bonchev–Trinajstić information content (AvgIpc) is 2.68. The van der Waals surface area contributed by atoms with Crippen molar-refractivity contribution in [3.63, 3.8) is 0 Å². The Labute approximate surface area is 90.9 Å². The number of hydrogen-bond donors (Lipinski definition) is 0. The van der Waals surface area contributed by atoms with Gasteiger partial charge in [0, 0.05) is 13.1 Å². The van der Waals surface area contributed by atoms with Crippen LogP contribution in [0, 0.1) is 5.92 Å². The lowest BCUT2D eigenvalue weighted by Crippen LogP contribution is -2.20. The molecule has 0 aliphatic carbocycles. The third-order valence-electron chi connectivity index (χ3n) is 3.14. The normalized spacial score (nSPS) is 22.1. The van der Waals surface area contributed by atoms with E-state index in [0.29, 0.717) is 5.92 Å². The highest BCUT2D eigenvalue weighted by molar-refractivity contribution is 5.14. The summed E-state index contributed by atoms with van der Waals surface area (Å²) in [6, 6.07) is 10.5. The molecule has 2 heteroatoms. The van der Waals surface area contributed by atoms with Crippen LogP contribution in [0.15, 0.2) is 30.3 Å². The van der Waals surface area contributed by atoms with Crippen LogP contribution in [-0.4, -0.2) is 24.7 Å². The SMILES string of the molecule is FCCC1CCN(Cc2ccccc2)C1. The monoisotopic (exact) mass is 207 g/mol. The van der Waals surface area contributed by atoms with E-state index in [0.717, 1.165) is 32.5 Å². The van der Waals surface area contributed by atoms with Gasteiger partial charge in [0.1, 0.15) is 0 Å². The van der Waals surface area contributed by atoms with Crippen molar-refractivity contribution in [1.29, 1.82) is 0 Å².